The number of halogens is 2. The van der Waals surface area contributed by atoms with Gasteiger partial charge in [-0.25, -0.2) is 15.0 Å². The average Bonchev–Trinajstić information content (AvgIpc) is 3.21. The van der Waals surface area contributed by atoms with Crippen molar-refractivity contribution in [3.63, 3.8) is 0 Å². The Morgan fingerprint density at radius 1 is 0.468 bits per heavy atom. The molecule has 10 heteroatoms. The van der Waals surface area contributed by atoms with E-state index in [1.54, 1.807) is 43.2 Å². The van der Waals surface area contributed by atoms with Gasteiger partial charge in [-0.2, -0.15) is 0 Å². The first-order chi connectivity index (χ1) is 24.7. The Hall–Kier alpha value is -4.00. The normalized spacial score (nSPS) is 10.5. The van der Waals surface area contributed by atoms with Gasteiger partial charge in [0.2, 0.25) is 0 Å². The van der Waals surface area contributed by atoms with Crippen molar-refractivity contribution < 1.29 is 21.1 Å². The number of benzene rings is 4. The zero-order chi connectivity index (χ0) is 35.7. The number of rotatable bonds is 3. The van der Waals surface area contributed by atoms with Gasteiger partial charge in [0.25, 0.3) is 0 Å². The van der Waals surface area contributed by atoms with Gasteiger partial charge in [0, 0.05) is 65.2 Å². The molecule has 0 unspecified atom stereocenters. The van der Waals surface area contributed by atoms with Crippen molar-refractivity contribution in [2.24, 2.45) is 0 Å². The topological polar surface area (TPSA) is 97.6 Å². The van der Waals surface area contributed by atoms with Gasteiger partial charge in [0.1, 0.15) is 5.75 Å². The van der Waals surface area contributed by atoms with Gasteiger partial charge in [-0.3, -0.25) is 15.0 Å². The number of hydrogen-bond acceptors (Lipinski definition) is 7. The molecule has 0 aliphatic rings. The van der Waals surface area contributed by atoms with Crippen molar-refractivity contribution in [3.8, 4) is 39.9 Å². The molecule has 4 aromatic carbocycles. The van der Waals surface area contributed by atoms with E-state index in [0.29, 0.717) is 23.2 Å². The fourth-order valence-corrected chi connectivity index (χ4v) is 5.20. The Bertz CT molecular complexity index is 2060. The number of nitrogens with zero attached hydrogens (tertiary/aromatic N) is 6. The van der Waals surface area contributed by atoms with E-state index < -0.39 is 0 Å². The van der Waals surface area contributed by atoms with Crippen LogP contribution in [0.3, 0.4) is 0 Å². The van der Waals surface area contributed by atoms with Crippen LogP contribution in [0.5, 0.6) is 5.75 Å². The molecule has 7 nitrogen and oxygen atoms in total. The number of hydrogen-bond donors (Lipinski definition) is 1. The van der Waals surface area contributed by atoms with E-state index in [1.807, 2.05) is 60.7 Å². The summed E-state index contributed by atoms with van der Waals surface area (Å²) in [7, 11) is 0.0650. The van der Waals surface area contributed by atoms with Crippen LogP contribution >= 0.6 is 39.5 Å². The number of phenols is 1. The minimum atomic E-state index is 0. The molecule has 0 radical (unpaired) electrons. The smallest absolute Gasteiger partial charge is 0.164 e. The second-order valence-electron chi connectivity index (χ2n) is 9.91. The molecule has 0 amide bonds. The number of aromatic hydroxyl groups is 1. The molecule has 8 rings (SSSR count). The summed E-state index contributed by atoms with van der Waals surface area (Å²) in [6.45, 7) is 0. The number of aromatic nitrogens is 6. The van der Waals surface area contributed by atoms with Crippen LogP contribution in [0, 0.1) is 0 Å². The van der Waals surface area contributed by atoms with Crippen LogP contribution in [0.2, 0.25) is 0 Å². The summed E-state index contributed by atoms with van der Waals surface area (Å²) in [5.41, 5.74) is 2.66. The molecule has 1 N–H and O–H groups in total. The fourth-order valence-electron chi connectivity index (χ4n) is 5.20. The predicted octanol–water partition coefficient (Wildman–Crippen LogP) is 10.8. The van der Waals surface area contributed by atoms with Crippen molar-refractivity contribution >= 4 is 71.8 Å². The minimum absolute atomic E-state index is 0. The fraction of sp³-hybridized carbons (Fsp3) is 0.0270. The van der Waals surface area contributed by atoms with Crippen molar-refractivity contribution in [1.29, 1.82) is 0 Å². The van der Waals surface area contributed by atoms with Gasteiger partial charge in [-0.1, -0.05) is 68.1 Å². The third-order valence-corrected chi connectivity index (χ3v) is 7.20. The molecular weight excluding hydrogens is 864 g/mol. The Morgan fingerprint density at radius 2 is 0.766 bits per heavy atom. The van der Waals surface area contributed by atoms with Crippen LogP contribution in [-0.4, -0.2) is 35.0 Å². The van der Waals surface area contributed by atoms with E-state index in [0.717, 1.165) is 32.8 Å². The quantitative estimate of drug-likeness (QED) is 0.107. The Kier molecular flexibility index (Phi) is 11.2. The zero-order valence-corrected chi connectivity index (χ0v) is 31.7. The van der Waals surface area contributed by atoms with E-state index in [1.165, 1.54) is 16.2 Å². The van der Waals surface area contributed by atoms with Gasteiger partial charge in [0.15, 0.2) is 17.5 Å². The molecule has 8 aromatic rings. The van der Waals surface area contributed by atoms with Gasteiger partial charge >= 0.3 is 49.6 Å². The third kappa shape index (κ3) is 7.94. The summed E-state index contributed by atoms with van der Waals surface area (Å²) in [5, 5.41) is 17.0. The monoisotopic (exact) mass is 898 g/mol. The summed E-state index contributed by atoms with van der Waals surface area (Å²) >= 11 is 4.93. The molecule has 0 bridgehead atoms. The number of phenolic OH excluding ortho intramolecular Hbond substituents is 1. The van der Waals surface area contributed by atoms with Crippen molar-refractivity contribution in [2.45, 2.75) is 7.43 Å². The maximum Gasteiger partial charge on any atom is 0.164 e. The summed E-state index contributed by atoms with van der Waals surface area (Å²) in [6.07, 6.45) is 10.3. The van der Waals surface area contributed by atoms with Crippen molar-refractivity contribution in [2.75, 3.05) is 0 Å². The first-order valence-electron chi connectivity index (χ1n) is 16.3. The first-order valence-corrected chi connectivity index (χ1v) is 32.4. The molecule has 0 aliphatic heterocycles. The second kappa shape index (κ2) is 16.7. The molecular formula is C37H32I2N6OZn. The summed E-state index contributed by atoms with van der Waals surface area (Å²) < 4.78 is 20.0. The van der Waals surface area contributed by atoms with E-state index in [4.69, 9.17) is 5.94 Å². The van der Waals surface area contributed by atoms with Crippen LogP contribution in [0.1, 0.15) is 13.4 Å². The SMILES string of the molecule is C.Oc1cccc2c3ccccc3c3ccccc3c12.[2H][2H].[2H][2H].[I][Zn][I].c1cc(-c2nc(-c3ccncc3)nc(-c3ccncc3)n2)ccn1. The summed E-state index contributed by atoms with van der Waals surface area (Å²) in [5.74, 6) is 2.16. The third-order valence-electron chi connectivity index (χ3n) is 7.20. The maximum absolute atomic E-state index is 10.2. The molecule has 0 saturated carbocycles. The maximum atomic E-state index is 10.2. The summed E-state index contributed by atoms with van der Waals surface area (Å²) in [6, 6.07) is 33.6. The van der Waals surface area contributed by atoms with Crippen LogP contribution < -0.4 is 0 Å². The van der Waals surface area contributed by atoms with Gasteiger partial charge in [-0.05, 0) is 69.4 Å². The van der Waals surface area contributed by atoms with Crippen molar-refractivity contribution in [3.05, 3.63) is 140 Å². The van der Waals surface area contributed by atoms with Crippen LogP contribution in [0.15, 0.2) is 140 Å². The molecule has 232 valence electrons. The van der Waals surface area contributed by atoms with E-state index in [-0.39, 0.29) is 17.5 Å². The largest absolute Gasteiger partial charge is 0.265 e. The van der Waals surface area contributed by atoms with E-state index >= 15 is 0 Å². The molecule has 4 aromatic heterocycles. The molecule has 0 atom stereocenters. The van der Waals surface area contributed by atoms with Crippen LogP contribution in [0.4, 0.5) is 0 Å². The predicted molar refractivity (Wildman–Crippen MR) is 209 cm³/mol. The van der Waals surface area contributed by atoms with Crippen LogP contribution in [-0.2, 0) is 10.1 Å². The molecule has 0 saturated heterocycles. The molecule has 4 heterocycles. The molecule has 0 aliphatic carbocycles. The Morgan fingerprint density at radius 3 is 1.13 bits per heavy atom. The minimum Gasteiger partial charge on any atom is -0.265 e. The average molecular weight is 900 g/mol. The number of pyridine rings is 3. The van der Waals surface area contributed by atoms with Gasteiger partial charge in [0.05, 0.1) is 0 Å². The zero-order valence-electron chi connectivity index (χ0n) is 28.4. The Labute approximate surface area is 308 Å². The van der Waals surface area contributed by atoms with Crippen LogP contribution in [0.25, 0.3) is 66.5 Å². The van der Waals surface area contributed by atoms with Crippen molar-refractivity contribution in [1.82, 2.24) is 29.9 Å². The molecule has 47 heavy (non-hydrogen) atoms. The van der Waals surface area contributed by atoms with Gasteiger partial charge < -0.3 is 5.11 Å². The molecule has 0 spiro atoms. The summed E-state index contributed by atoms with van der Waals surface area (Å²) in [4.78, 5) is 26.0. The second-order valence-corrected chi connectivity index (χ2v) is 33.4. The molecule has 0 fully saturated rings. The number of fused-ring (bicyclic) bond motifs is 6. The Balaban J connectivity index is 0.000000235. The first kappa shape index (κ1) is 31.6. The van der Waals surface area contributed by atoms with E-state index in [2.05, 4.69) is 106 Å². The van der Waals surface area contributed by atoms with E-state index in [9.17, 15) is 5.11 Å². The standard InChI is InChI=1S/C18H12N6.C18H12O.CH4.2HI.Zn.2H2/c1-7-19-8-2-13(1)16-22-17(14-3-9-20-10-4-14)24-18(23-16)15-5-11-21-12-6-15;19-17-11-5-10-16-14-7-2-1-6-12(14)13-8-3-4-9-15(13)18(16)17;;;;;;/h1-12H;1-11,19H;1H4;2*1H;;2*1H/q;;;;;+2;;/p-2/i;;;;;;2*1+1D. The van der Waals surface area contributed by atoms with Gasteiger partial charge in [-0.15, -0.1) is 0 Å².